The molecule has 0 aromatic heterocycles. The average Bonchev–Trinajstić information content (AvgIpc) is 2.13. The number of hydrogen-bond donors (Lipinski definition) is 2. The maximum absolute atomic E-state index is 11.3. The van der Waals surface area contributed by atoms with Gasteiger partial charge in [-0.15, -0.1) is 0 Å². The number of carbonyl (C=O) groups is 1. The van der Waals surface area contributed by atoms with Crippen molar-refractivity contribution < 1.29 is 9.90 Å². The first-order valence-electron chi connectivity index (χ1n) is 5.60. The van der Waals surface area contributed by atoms with Crippen LogP contribution in [0.3, 0.4) is 0 Å². The molecule has 2 atom stereocenters. The van der Waals surface area contributed by atoms with Crippen LogP contribution in [0, 0.1) is 5.92 Å². The second-order valence-corrected chi connectivity index (χ2v) is 4.98. The molecule has 0 aromatic carbocycles. The fraction of sp³-hybridized carbons (Fsp3) is 0.909. The van der Waals surface area contributed by atoms with E-state index in [0.717, 1.165) is 19.3 Å². The summed E-state index contributed by atoms with van der Waals surface area (Å²) in [7, 11) is 3.39. The van der Waals surface area contributed by atoms with Crippen molar-refractivity contribution in [2.45, 2.75) is 38.2 Å². The van der Waals surface area contributed by atoms with Crippen LogP contribution in [-0.2, 0) is 0 Å². The molecule has 2 amide bonds. The minimum Gasteiger partial charge on any atom is -0.388 e. The van der Waals surface area contributed by atoms with Crippen molar-refractivity contribution in [3.8, 4) is 0 Å². The second-order valence-electron chi connectivity index (χ2n) is 4.98. The van der Waals surface area contributed by atoms with Gasteiger partial charge in [-0.3, -0.25) is 0 Å². The SMILES string of the molecule is CC1CCCC(O)(CNC(=O)N(C)C)C1. The molecule has 0 bridgehead atoms. The second kappa shape index (κ2) is 4.84. The molecule has 0 spiro atoms. The van der Waals surface area contributed by atoms with Crippen molar-refractivity contribution >= 4 is 6.03 Å². The van der Waals surface area contributed by atoms with Gasteiger partial charge >= 0.3 is 6.03 Å². The van der Waals surface area contributed by atoms with E-state index in [9.17, 15) is 9.90 Å². The Kier molecular flexibility index (Phi) is 3.97. The molecule has 4 heteroatoms. The Hall–Kier alpha value is -0.770. The van der Waals surface area contributed by atoms with Crippen LogP contribution in [0.2, 0.25) is 0 Å². The summed E-state index contributed by atoms with van der Waals surface area (Å²) in [6.07, 6.45) is 3.82. The lowest BCUT2D eigenvalue weighted by atomic mass is 9.79. The van der Waals surface area contributed by atoms with Crippen molar-refractivity contribution in [3.63, 3.8) is 0 Å². The van der Waals surface area contributed by atoms with Crippen LogP contribution in [0.25, 0.3) is 0 Å². The molecule has 1 rings (SSSR count). The van der Waals surface area contributed by atoms with E-state index in [1.807, 2.05) is 0 Å². The van der Waals surface area contributed by atoms with Crippen molar-refractivity contribution in [2.75, 3.05) is 20.6 Å². The van der Waals surface area contributed by atoms with Crippen LogP contribution in [0.1, 0.15) is 32.6 Å². The summed E-state index contributed by atoms with van der Waals surface area (Å²) in [5.41, 5.74) is -0.691. The molecule has 1 saturated carbocycles. The Bertz CT molecular complexity index is 231. The first kappa shape index (κ1) is 12.3. The highest BCUT2D eigenvalue weighted by Gasteiger charge is 2.32. The summed E-state index contributed by atoms with van der Waals surface area (Å²) in [5.74, 6) is 0.556. The van der Waals surface area contributed by atoms with Gasteiger partial charge in [0.2, 0.25) is 0 Å². The highest BCUT2D eigenvalue weighted by atomic mass is 16.3. The minimum atomic E-state index is -0.691. The van der Waals surface area contributed by atoms with Gasteiger partial charge in [0.1, 0.15) is 0 Å². The van der Waals surface area contributed by atoms with Crippen molar-refractivity contribution in [1.29, 1.82) is 0 Å². The van der Waals surface area contributed by atoms with Gasteiger partial charge in [0, 0.05) is 20.6 Å². The van der Waals surface area contributed by atoms with Gasteiger partial charge in [0.05, 0.1) is 5.60 Å². The van der Waals surface area contributed by atoms with Crippen LogP contribution in [0.15, 0.2) is 0 Å². The fourth-order valence-electron chi connectivity index (χ4n) is 2.19. The van der Waals surface area contributed by atoms with E-state index in [4.69, 9.17) is 0 Å². The van der Waals surface area contributed by atoms with Crippen LogP contribution < -0.4 is 5.32 Å². The van der Waals surface area contributed by atoms with Crippen molar-refractivity contribution in [2.24, 2.45) is 5.92 Å². The number of rotatable bonds is 2. The Morgan fingerprint density at radius 3 is 2.80 bits per heavy atom. The van der Waals surface area contributed by atoms with E-state index < -0.39 is 5.60 Å². The summed E-state index contributed by atoms with van der Waals surface area (Å²) in [5, 5.41) is 13.0. The molecule has 0 heterocycles. The van der Waals surface area contributed by atoms with Crippen LogP contribution in [0.4, 0.5) is 4.79 Å². The van der Waals surface area contributed by atoms with E-state index in [2.05, 4.69) is 12.2 Å². The molecule has 0 aliphatic heterocycles. The number of amides is 2. The largest absolute Gasteiger partial charge is 0.388 e. The van der Waals surface area contributed by atoms with E-state index >= 15 is 0 Å². The molecular formula is C11H22N2O2. The van der Waals surface area contributed by atoms with Gasteiger partial charge < -0.3 is 15.3 Å². The average molecular weight is 214 g/mol. The standard InChI is InChI=1S/C11H22N2O2/c1-9-5-4-6-11(15,7-9)8-12-10(14)13(2)3/h9,15H,4-8H2,1-3H3,(H,12,14). The molecule has 1 fully saturated rings. The molecule has 0 saturated heterocycles. The van der Waals surface area contributed by atoms with Crippen molar-refractivity contribution in [1.82, 2.24) is 10.2 Å². The van der Waals surface area contributed by atoms with Crippen LogP contribution in [0.5, 0.6) is 0 Å². The Balaban J connectivity index is 2.39. The third kappa shape index (κ3) is 3.70. The van der Waals surface area contributed by atoms with E-state index in [-0.39, 0.29) is 6.03 Å². The first-order valence-corrected chi connectivity index (χ1v) is 5.60. The topological polar surface area (TPSA) is 52.6 Å². The Labute approximate surface area is 91.6 Å². The van der Waals surface area contributed by atoms with Gasteiger partial charge in [0.15, 0.2) is 0 Å². The number of hydrogen-bond acceptors (Lipinski definition) is 2. The summed E-state index contributed by atoms with van der Waals surface area (Å²) in [6.45, 7) is 2.52. The molecule has 15 heavy (non-hydrogen) atoms. The van der Waals surface area contributed by atoms with E-state index in [0.29, 0.717) is 12.5 Å². The maximum Gasteiger partial charge on any atom is 0.316 e. The molecule has 2 unspecified atom stereocenters. The Morgan fingerprint density at radius 2 is 2.27 bits per heavy atom. The van der Waals surface area contributed by atoms with Crippen LogP contribution >= 0.6 is 0 Å². The zero-order chi connectivity index (χ0) is 11.5. The van der Waals surface area contributed by atoms with Gasteiger partial charge in [-0.05, 0) is 18.8 Å². The van der Waals surface area contributed by atoms with Gasteiger partial charge in [-0.2, -0.15) is 0 Å². The number of aliphatic hydroxyl groups is 1. The Morgan fingerprint density at radius 1 is 1.60 bits per heavy atom. The van der Waals surface area contributed by atoms with Gasteiger partial charge in [-0.1, -0.05) is 19.8 Å². The number of nitrogens with zero attached hydrogens (tertiary/aromatic N) is 1. The smallest absolute Gasteiger partial charge is 0.316 e. The molecule has 2 N–H and O–H groups in total. The lowest BCUT2D eigenvalue weighted by Gasteiger charge is -2.35. The highest BCUT2D eigenvalue weighted by Crippen LogP contribution is 2.31. The van der Waals surface area contributed by atoms with Gasteiger partial charge in [-0.25, -0.2) is 4.79 Å². The minimum absolute atomic E-state index is 0.137. The summed E-state index contributed by atoms with van der Waals surface area (Å²) in [4.78, 5) is 12.8. The predicted octanol–water partition coefficient (Wildman–Crippen LogP) is 1.20. The predicted molar refractivity (Wildman–Crippen MR) is 59.7 cm³/mol. The summed E-state index contributed by atoms with van der Waals surface area (Å²) in [6, 6.07) is -0.137. The lowest BCUT2D eigenvalue weighted by Crippen LogP contribution is -2.48. The first-order chi connectivity index (χ1) is 6.93. The molecule has 4 nitrogen and oxygen atoms in total. The number of carbonyl (C=O) groups excluding carboxylic acids is 1. The quantitative estimate of drug-likeness (QED) is 0.725. The lowest BCUT2D eigenvalue weighted by molar-refractivity contribution is -0.0100. The third-order valence-electron chi connectivity index (χ3n) is 3.04. The molecule has 0 aromatic rings. The zero-order valence-electron chi connectivity index (χ0n) is 9.92. The number of nitrogens with one attached hydrogen (secondary N) is 1. The summed E-state index contributed by atoms with van der Waals surface area (Å²) < 4.78 is 0. The molecule has 1 aliphatic carbocycles. The zero-order valence-corrected chi connectivity index (χ0v) is 9.92. The highest BCUT2D eigenvalue weighted by molar-refractivity contribution is 5.73. The normalized spacial score (nSPS) is 31.1. The molecule has 0 radical (unpaired) electrons. The number of urea groups is 1. The third-order valence-corrected chi connectivity index (χ3v) is 3.04. The maximum atomic E-state index is 11.3. The molecule has 1 aliphatic rings. The fourth-order valence-corrected chi connectivity index (χ4v) is 2.19. The van der Waals surface area contributed by atoms with Gasteiger partial charge in [0.25, 0.3) is 0 Å². The van der Waals surface area contributed by atoms with E-state index in [1.54, 1.807) is 14.1 Å². The summed E-state index contributed by atoms with van der Waals surface area (Å²) >= 11 is 0. The van der Waals surface area contributed by atoms with Crippen molar-refractivity contribution in [3.05, 3.63) is 0 Å². The molecular weight excluding hydrogens is 192 g/mol. The van der Waals surface area contributed by atoms with E-state index in [1.165, 1.54) is 11.3 Å². The van der Waals surface area contributed by atoms with Crippen LogP contribution in [-0.4, -0.2) is 42.3 Å². The molecule has 88 valence electrons. The monoisotopic (exact) mass is 214 g/mol.